The van der Waals surface area contributed by atoms with Crippen molar-refractivity contribution in [2.45, 2.75) is 18.9 Å². The fourth-order valence-corrected chi connectivity index (χ4v) is 2.30. The molecule has 1 saturated heterocycles. The van der Waals surface area contributed by atoms with Crippen molar-refractivity contribution in [2.24, 2.45) is 0 Å². The molecular formula is C11H11ClN6O2. The van der Waals surface area contributed by atoms with E-state index in [4.69, 9.17) is 11.6 Å². The number of anilines is 1. The van der Waals surface area contributed by atoms with Gasteiger partial charge in [0.2, 0.25) is 11.2 Å². The molecule has 3 rings (SSSR count). The van der Waals surface area contributed by atoms with Gasteiger partial charge < -0.3 is 5.32 Å². The molecule has 1 unspecified atom stereocenters. The molecule has 1 aliphatic rings. The van der Waals surface area contributed by atoms with E-state index in [0.717, 1.165) is 4.90 Å². The second-order valence-corrected chi connectivity index (χ2v) is 4.84. The summed E-state index contributed by atoms with van der Waals surface area (Å²) in [6.45, 7) is 0. The summed E-state index contributed by atoms with van der Waals surface area (Å²) in [5, 5.41) is 10.3. The number of fused-ring (bicyclic) bond motifs is 1. The van der Waals surface area contributed by atoms with Crippen LogP contribution in [0.25, 0.3) is 11.0 Å². The minimum absolute atomic E-state index is 0.0527. The number of nitrogens with zero attached hydrogens (tertiary/aromatic N) is 4. The Morgan fingerprint density at radius 2 is 2.25 bits per heavy atom. The molecule has 0 aromatic carbocycles. The highest BCUT2D eigenvalue weighted by molar-refractivity contribution is 6.28. The number of nitrogens with one attached hydrogen (secondary N) is 2. The number of hydrogen-bond donors (Lipinski definition) is 2. The van der Waals surface area contributed by atoms with E-state index >= 15 is 0 Å². The van der Waals surface area contributed by atoms with Crippen molar-refractivity contribution in [3.63, 3.8) is 0 Å². The predicted molar refractivity (Wildman–Crippen MR) is 71.1 cm³/mol. The van der Waals surface area contributed by atoms with Crippen molar-refractivity contribution in [3.8, 4) is 0 Å². The number of amides is 2. The Bertz CT molecular complexity index is 699. The van der Waals surface area contributed by atoms with Crippen molar-refractivity contribution in [1.29, 1.82) is 0 Å². The zero-order chi connectivity index (χ0) is 14.3. The van der Waals surface area contributed by atoms with Crippen LogP contribution >= 0.6 is 11.6 Å². The molecule has 0 spiro atoms. The summed E-state index contributed by atoms with van der Waals surface area (Å²) in [6.07, 6.45) is 2.28. The average Bonchev–Trinajstić information content (AvgIpc) is 2.87. The van der Waals surface area contributed by atoms with Gasteiger partial charge in [0, 0.05) is 13.5 Å². The normalized spacial score (nSPS) is 19.7. The quantitative estimate of drug-likeness (QED) is 0.620. The Morgan fingerprint density at radius 1 is 1.45 bits per heavy atom. The fraction of sp³-hybridized carbons (Fsp3) is 0.364. The molecule has 2 aromatic rings. The lowest BCUT2D eigenvalue weighted by atomic mass is 10.0. The monoisotopic (exact) mass is 294 g/mol. The molecule has 1 fully saturated rings. The number of likely N-dealkylation sites (tertiary alicyclic amines) is 1. The van der Waals surface area contributed by atoms with Crippen LogP contribution in [0.3, 0.4) is 0 Å². The van der Waals surface area contributed by atoms with E-state index in [-0.39, 0.29) is 17.1 Å². The molecule has 3 heterocycles. The molecule has 2 amide bonds. The van der Waals surface area contributed by atoms with E-state index in [9.17, 15) is 9.59 Å². The van der Waals surface area contributed by atoms with Gasteiger partial charge in [0.1, 0.15) is 11.9 Å². The summed E-state index contributed by atoms with van der Waals surface area (Å²) in [7, 11) is 1.47. The van der Waals surface area contributed by atoms with Gasteiger partial charge in [-0.15, -0.1) is 0 Å². The Kier molecular flexibility index (Phi) is 3.01. The molecule has 0 saturated carbocycles. The minimum atomic E-state index is -0.512. The Balaban J connectivity index is 1.91. The molecule has 2 aromatic heterocycles. The maximum Gasteiger partial charge on any atom is 0.251 e. The van der Waals surface area contributed by atoms with Crippen molar-refractivity contribution in [2.75, 3.05) is 12.4 Å². The van der Waals surface area contributed by atoms with Crippen LogP contribution in [0.5, 0.6) is 0 Å². The Morgan fingerprint density at radius 3 is 3.05 bits per heavy atom. The third-order valence-corrected chi connectivity index (χ3v) is 3.41. The molecule has 20 heavy (non-hydrogen) atoms. The van der Waals surface area contributed by atoms with Crippen LogP contribution in [-0.4, -0.2) is 50.0 Å². The fourth-order valence-electron chi connectivity index (χ4n) is 2.13. The van der Waals surface area contributed by atoms with Crippen LogP contribution in [0.2, 0.25) is 5.28 Å². The first-order valence-corrected chi connectivity index (χ1v) is 6.37. The maximum atomic E-state index is 12.0. The van der Waals surface area contributed by atoms with Crippen LogP contribution < -0.4 is 5.32 Å². The van der Waals surface area contributed by atoms with Gasteiger partial charge in [-0.05, 0) is 18.0 Å². The molecule has 0 bridgehead atoms. The van der Waals surface area contributed by atoms with Gasteiger partial charge >= 0.3 is 0 Å². The largest absolute Gasteiger partial charge is 0.358 e. The SMILES string of the molecule is CN1C(=O)CCC(Nc2nc(Cl)nc3[nH]ncc23)C1=O. The number of halogens is 1. The highest BCUT2D eigenvalue weighted by Gasteiger charge is 2.32. The summed E-state index contributed by atoms with van der Waals surface area (Å²) < 4.78 is 0. The number of carbonyl (C=O) groups excluding carboxylic acids is 2. The van der Waals surface area contributed by atoms with Crippen molar-refractivity contribution >= 4 is 40.3 Å². The van der Waals surface area contributed by atoms with E-state index in [2.05, 4.69) is 25.5 Å². The summed E-state index contributed by atoms with van der Waals surface area (Å²) in [4.78, 5) is 32.7. The zero-order valence-corrected chi connectivity index (χ0v) is 11.3. The minimum Gasteiger partial charge on any atom is -0.358 e. The third-order valence-electron chi connectivity index (χ3n) is 3.24. The molecule has 104 valence electrons. The summed E-state index contributed by atoms with van der Waals surface area (Å²) in [6, 6.07) is -0.512. The lowest BCUT2D eigenvalue weighted by molar-refractivity contribution is -0.146. The van der Waals surface area contributed by atoms with Crippen molar-refractivity contribution < 1.29 is 9.59 Å². The molecular weight excluding hydrogens is 284 g/mol. The molecule has 8 nitrogen and oxygen atoms in total. The number of H-pyrrole nitrogens is 1. The van der Waals surface area contributed by atoms with Gasteiger partial charge in [0.25, 0.3) is 5.91 Å². The third kappa shape index (κ3) is 2.07. The van der Waals surface area contributed by atoms with Crippen LogP contribution in [0.15, 0.2) is 6.20 Å². The Hall–Kier alpha value is -2.22. The van der Waals surface area contributed by atoms with E-state index in [1.165, 1.54) is 7.05 Å². The lowest BCUT2D eigenvalue weighted by Crippen LogP contribution is -2.48. The summed E-state index contributed by atoms with van der Waals surface area (Å²) >= 11 is 5.83. The second-order valence-electron chi connectivity index (χ2n) is 4.50. The van der Waals surface area contributed by atoms with Crippen LogP contribution in [0.1, 0.15) is 12.8 Å². The number of carbonyl (C=O) groups is 2. The van der Waals surface area contributed by atoms with E-state index < -0.39 is 6.04 Å². The van der Waals surface area contributed by atoms with Crippen LogP contribution in [0, 0.1) is 0 Å². The first-order chi connectivity index (χ1) is 9.56. The number of likely N-dealkylation sites (N-methyl/N-ethyl adjacent to an activating group) is 1. The smallest absolute Gasteiger partial charge is 0.251 e. The topological polar surface area (TPSA) is 104 Å². The number of aromatic amines is 1. The standard InChI is InChI=1S/C11H11ClN6O2/c1-18-7(19)3-2-6(10(18)20)14-8-5-4-13-17-9(5)16-11(12)15-8/h4,6H,2-3H2,1H3,(H2,13,14,15,16,17). The highest BCUT2D eigenvalue weighted by Crippen LogP contribution is 2.23. The second kappa shape index (κ2) is 4.71. The molecule has 1 aliphatic heterocycles. The number of aromatic nitrogens is 4. The lowest BCUT2D eigenvalue weighted by Gasteiger charge is -2.28. The van der Waals surface area contributed by atoms with Gasteiger partial charge in [0.05, 0.1) is 11.6 Å². The number of rotatable bonds is 2. The van der Waals surface area contributed by atoms with Crippen molar-refractivity contribution in [1.82, 2.24) is 25.1 Å². The number of imide groups is 1. The van der Waals surface area contributed by atoms with Gasteiger partial charge in [-0.2, -0.15) is 15.1 Å². The molecule has 1 atom stereocenters. The zero-order valence-electron chi connectivity index (χ0n) is 10.6. The first kappa shape index (κ1) is 12.8. The van der Waals surface area contributed by atoms with Crippen molar-refractivity contribution in [3.05, 3.63) is 11.5 Å². The van der Waals surface area contributed by atoms with E-state index in [1.54, 1.807) is 6.20 Å². The van der Waals surface area contributed by atoms with Gasteiger partial charge in [-0.25, -0.2) is 0 Å². The van der Waals surface area contributed by atoms with Gasteiger partial charge in [0.15, 0.2) is 5.65 Å². The van der Waals surface area contributed by atoms with Gasteiger partial charge in [-0.1, -0.05) is 0 Å². The molecule has 0 aliphatic carbocycles. The van der Waals surface area contributed by atoms with Gasteiger partial charge in [-0.3, -0.25) is 19.6 Å². The predicted octanol–water partition coefficient (Wildman–Crippen LogP) is 0.566. The first-order valence-electron chi connectivity index (χ1n) is 6.00. The Labute approximate surface area is 118 Å². The molecule has 0 radical (unpaired) electrons. The van der Waals surface area contributed by atoms with Crippen LogP contribution in [0.4, 0.5) is 5.82 Å². The molecule has 9 heteroatoms. The highest BCUT2D eigenvalue weighted by atomic mass is 35.5. The summed E-state index contributed by atoms with van der Waals surface area (Å²) in [5.41, 5.74) is 0.486. The summed E-state index contributed by atoms with van der Waals surface area (Å²) in [5.74, 6) is -0.0373. The number of hydrogen-bond acceptors (Lipinski definition) is 6. The average molecular weight is 295 g/mol. The van der Waals surface area contributed by atoms with Crippen LogP contribution in [-0.2, 0) is 9.59 Å². The molecule has 2 N–H and O–H groups in total. The van der Waals surface area contributed by atoms with E-state index in [0.29, 0.717) is 29.7 Å². The maximum absolute atomic E-state index is 12.0. The van der Waals surface area contributed by atoms with E-state index in [1.807, 2.05) is 0 Å². The number of piperidine rings is 1.